The minimum atomic E-state index is 0.716. The van der Waals surface area contributed by atoms with Crippen molar-refractivity contribution in [2.24, 2.45) is 11.8 Å². The van der Waals surface area contributed by atoms with Gasteiger partial charge in [0.25, 0.3) is 0 Å². The molecule has 1 nitrogen and oxygen atoms in total. The minimum absolute atomic E-state index is 0.716. The van der Waals surface area contributed by atoms with Gasteiger partial charge in [-0.05, 0) is 51.6 Å². The molecule has 0 aliphatic heterocycles. The molecule has 1 atom stereocenters. The largest absolute Gasteiger partial charge is 0.301 e. The van der Waals surface area contributed by atoms with Crippen LogP contribution in [0.4, 0.5) is 0 Å². The van der Waals surface area contributed by atoms with Crippen molar-refractivity contribution in [3.63, 3.8) is 0 Å². The highest BCUT2D eigenvalue weighted by atomic mass is 15.1. The summed E-state index contributed by atoms with van der Waals surface area (Å²) in [6.45, 7) is 12.0. The summed E-state index contributed by atoms with van der Waals surface area (Å²) in [5.74, 6) is 1.97. The van der Waals surface area contributed by atoms with Gasteiger partial charge in [0.15, 0.2) is 0 Å². The first-order chi connectivity index (χ1) is 8.15. The van der Waals surface area contributed by atoms with E-state index >= 15 is 0 Å². The Hall–Kier alpha value is -0.0400. The van der Waals surface area contributed by atoms with Gasteiger partial charge in [0.2, 0.25) is 0 Å². The van der Waals surface area contributed by atoms with E-state index in [2.05, 4.69) is 32.6 Å². The zero-order chi connectivity index (χ0) is 12.7. The van der Waals surface area contributed by atoms with Gasteiger partial charge in [-0.2, -0.15) is 0 Å². The van der Waals surface area contributed by atoms with E-state index in [0.29, 0.717) is 6.04 Å². The highest BCUT2D eigenvalue weighted by Crippen LogP contribution is 2.31. The molecular formula is C16H33N. The van der Waals surface area contributed by atoms with Crippen LogP contribution in [-0.4, -0.2) is 24.0 Å². The van der Waals surface area contributed by atoms with Crippen LogP contribution in [0, 0.1) is 11.8 Å². The summed E-state index contributed by atoms with van der Waals surface area (Å²) >= 11 is 0. The molecule has 1 aliphatic rings. The van der Waals surface area contributed by atoms with Crippen molar-refractivity contribution >= 4 is 0 Å². The summed E-state index contributed by atoms with van der Waals surface area (Å²) in [6.07, 6.45) is 10.1. The smallest absolute Gasteiger partial charge is 0.00385 e. The SMILES string of the molecule is CCCN(CCC(C)C1CCCCC1)C(C)C. The van der Waals surface area contributed by atoms with Crippen molar-refractivity contribution < 1.29 is 0 Å². The van der Waals surface area contributed by atoms with Gasteiger partial charge >= 0.3 is 0 Å². The van der Waals surface area contributed by atoms with Crippen LogP contribution in [0.2, 0.25) is 0 Å². The molecule has 17 heavy (non-hydrogen) atoms. The Kier molecular flexibility index (Phi) is 7.18. The Morgan fingerprint density at radius 2 is 1.65 bits per heavy atom. The minimum Gasteiger partial charge on any atom is -0.301 e. The lowest BCUT2D eigenvalue weighted by Gasteiger charge is -2.31. The van der Waals surface area contributed by atoms with Crippen LogP contribution < -0.4 is 0 Å². The molecule has 0 spiro atoms. The molecule has 1 aliphatic carbocycles. The molecule has 1 unspecified atom stereocenters. The second kappa shape index (κ2) is 8.13. The quantitative estimate of drug-likeness (QED) is 0.622. The van der Waals surface area contributed by atoms with Crippen molar-refractivity contribution in [3.8, 4) is 0 Å². The first kappa shape index (κ1) is 15.0. The second-order valence-corrected chi connectivity index (χ2v) is 6.29. The fourth-order valence-electron chi connectivity index (χ4n) is 3.22. The molecule has 1 heteroatoms. The maximum Gasteiger partial charge on any atom is 0.00385 e. The molecule has 0 bridgehead atoms. The Morgan fingerprint density at radius 1 is 1.00 bits per heavy atom. The monoisotopic (exact) mass is 239 g/mol. The zero-order valence-corrected chi connectivity index (χ0v) is 12.5. The standard InChI is InChI=1S/C16H33N/c1-5-12-17(14(2)3)13-11-15(4)16-9-7-6-8-10-16/h14-16H,5-13H2,1-4H3. The van der Waals surface area contributed by atoms with E-state index in [-0.39, 0.29) is 0 Å². The lowest BCUT2D eigenvalue weighted by Crippen LogP contribution is -2.34. The van der Waals surface area contributed by atoms with Crippen molar-refractivity contribution in [2.75, 3.05) is 13.1 Å². The van der Waals surface area contributed by atoms with Gasteiger partial charge in [0.1, 0.15) is 0 Å². The molecule has 0 heterocycles. The van der Waals surface area contributed by atoms with Gasteiger partial charge in [-0.1, -0.05) is 46.0 Å². The molecule has 1 rings (SSSR count). The summed E-state index contributed by atoms with van der Waals surface area (Å²) in [6, 6.07) is 0.716. The fraction of sp³-hybridized carbons (Fsp3) is 1.00. The Bertz CT molecular complexity index is 182. The summed E-state index contributed by atoms with van der Waals surface area (Å²) < 4.78 is 0. The summed E-state index contributed by atoms with van der Waals surface area (Å²) in [4.78, 5) is 2.65. The predicted molar refractivity (Wildman–Crippen MR) is 77.4 cm³/mol. The first-order valence-electron chi connectivity index (χ1n) is 7.89. The topological polar surface area (TPSA) is 3.24 Å². The van der Waals surface area contributed by atoms with Crippen molar-refractivity contribution in [1.82, 2.24) is 4.90 Å². The third-order valence-corrected chi connectivity index (χ3v) is 4.57. The summed E-state index contributed by atoms with van der Waals surface area (Å²) in [7, 11) is 0. The molecule has 0 radical (unpaired) electrons. The van der Waals surface area contributed by atoms with E-state index in [1.807, 2.05) is 0 Å². The third-order valence-electron chi connectivity index (χ3n) is 4.57. The van der Waals surface area contributed by atoms with Crippen LogP contribution in [0.3, 0.4) is 0 Å². The van der Waals surface area contributed by atoms with Crippen LogP contribution in [-0.2, 0) is 0 Å². The third kappa shape index (κ3) is 5.42. The Labute approximate surface area is 109 Å². The van der Waals surface area contributed by atoms with Crippen LogP contribution >= 0.6 is 0 Å². The molecule has 0 N–H and O–H groups in total. The first-order valence-corrected chi connectivity index (χ1v) is 7.89. The van der Waals surface area contributed by atoms with E-state index in [9.17, 15) is 0 Å². The van der Waals surface area contributed by atoms with E-state index in [1.54, 1.807) is 0 Å². The normalized spacial score (nSPS) is 20.1. The molecular weight excluding hydrogens is 206 g/mol. The summed E-state index contributed by atoms with van der Waals surface area (Å²) in [5.41, 5.74) is 0. The lowest BCUT2D eigenvalue weighted by molar-refractivity contribution is 0.179. The van der Waals surface area contributed by atoms with Gasteiger partial charge < -0.3 is 4.90 Å². The molecule has 0 saturated heterocycles. The zero-order valence-electron chi connectivity index (χ0n) is 12.5. The number of rotatable bonds is 7. The average molecular weight is 239 g/mol. The van der Waals surface area contributed by atoms with Gasteiger partial charge in [-0.15, -0.1) is 0 Å². The molecule has 0 amide bonds. The van der Waals surface area contributed by atoms with E-state index < -0.39 is 0 Å². The molecule has 102 valence electrons. The maximum atomic E-state index is 2.65. The van der Waals surface area contributed by atoms with Gasteiger partial charge in [-0.25, -0.2) is 0 Å². The van der Waals surface area contributed by atoms with Crippen LogP contribution in [0.15, 0.2) is 0 Å². The van der Waals surface area contributed by atoms with E-state index in [0.717, 1.165) is 11.8 Å². The predicted octanol–water partition coefficient (Wildman–Crippen LogP) is 4.71. The van der Waals surface area contributed by atoms with E-state index in [4.69, 9.17) is 0 Å². The van der Waals surface area contributed by atoms with Gasteiger partial charge in [-0.3, -0.25) is 0 Å². The number of hydrogen-bond acceptors (Lipinski definition) is 1. The number of hydrogen-bond donors (Lipinski definition) is 0. The van der Waals surface area contributed by atoms with Crippen LogP contribution in [0.25, 0.3) is 0 Å². The molecule has 1 saturated carbocycles. The molecule has 0 aromatic rings. The Morgan fingerprint density at radius 3 is 2.18 bits per heavy atom. The summed E-state index contributed by atoms with van der Waals surface area (Å²) in [5, 5.41) is 0. The Balaban J connectivity index is 2.26. The molecule has 0 aromatic carbocycles. The van der Waals surface area contributed by atoms with Gasteiger partial charge in [0, 0.05) is 6.04 Å². The lowest BCUT2D eigenvalue weighted by atomic mass is 9.79. The van der Waals surface area contributed by atoms with Crippen molar-refractivity contribution in [2.45, 2.75) is 78.7 Å². The van der Waals surface area contributed by atoms with Crippen molar-refractivity contribution in [3.05, 3.63) is 0 Å². The van der Waals surface area contributed by atoms with Gasteiger partial charge in [0.05, 0.1) is 0 Å². The fourth-order valence-corrected chi connectivity index (χ4v) is 3.22. The van der Waals surface area contributed by atoms with E-state index in [1.165, 1.54) is 58.0 Å². The number of nitrogens with zero attached hydrogens (tertiary/aromatic N) is 1. The highest BCUT2D eigenvalue weighted by molar-refractivity contribution is 4.73. The molecule has 1 fully saturated rings. The average Bonchev–Trinajstić information content (AvgIpc) is 2.34. The van der Waals surface area contributed by atoms with Crippen LogP contribution in [0.5, 0.6) is 0 Å². The second-order valence-electron chi connectivity index (χ2n) is 6.29. The van der Waals surface area contributed by atoms with Crippen LogP contribution in [0.1, 0.15) is 72.6 Å². The van der Waals surface area contributed by atoms with Crippen molar-refractivity contribution in [1.29, 1.82) is 0 Å². The maximum absolute atomic E-state index is 2.65. The highest BCUT2D eigenvalue weighted by Gasteiger charge is 2.20. The molecule has 0 aromatic heterocycles.